The first kappa shape index (κ1) is 21.5. The second-order valence-corrected chi connectivity index (χ2v) is 5.59. The number of nitrogens with zero attached hydrogens (tertiary/aromatic N) is 1. The Morgan fingerprint density at radius 2 is 1.69 bits per heavy atom. The number of hydrazone groups is 1. The van der Waals surface area contributed by atoms with Gasteiger partial charge in [-0.3, -0.25) is 14.8 Å². The van der Waals surface area contributed by atoms with Crippen LogP contribution in [0.4, 0.5) is 0 Å². The molecular weight excluding hydrogens is 378 g/mol. The quantitative estimate of drug-likeness (QED) is 0.270. The van der Waals surface area contributed by atoms with Crippen molar-refractivity contribution in [3.8, 4) is 17.2 Å². The van der Waals surface area contributed by atoms with E-state index in [1.54, 1.807) is 36.4 Å². The molecule has 0 saturated heterocycles. The molecule has 2 aromatic carbocycles. The molecule has 152 valence electrons. The summed E-state index contributed by atoms with van der Waals surface area (Å²) in [6.45, 7) is 0. The third kappa shape index (κ3) is 5.81. The summed E-state index contributed by atoms with van der Waals surface area (Å²) in [4.78, 5) is 23.3. The molecule has 2 amide bonds. The van der Waals surface area contributed by atoms with E-state index in [0.717, 1.165) is 6.08 Å². The number of hydrogen-bond donors (Lipinski definition) is 3. The molecule has 0 fully saturated rings. The van der Waals surface area contributed by atoms with Crippen LogP contribution in [0.25, 0.3) is 6.08 Å². The highest BCUT2D eigenvalue weighted by molar-refractivity contribution is 5.96. The van der Waals surface area contributed by atoms with Crippen LogP contribution in [0.2, 0.25) is 0 Å². The van der Waals surface area contributed by atoms with Gasteiger partial charge in [-0.1, -0.05) is 12.1 Å². The highest BCUT2D eigenvalue weighted by atomic mass is 16.5. The molecular formula is C20H21N3O6. The van der Waals surface area contributed by atoms with Crippen molar-refractivity contribution in [2.24, 2.45) is 5.10 Å². The highest BCUT2D eigenvalue weighted by Gasteiger charge is 2.12. The number of benzene rings is 2. The molecule has 2 aromatic rings. The average molecular weight is 399 g/mol. The maximum atomic E-state index is 12.3. The maximum absolute atomic E-state index is 12.3. The van der Waals surface area contributed by atoms with Gasteiger partial charge in [0, 0.05) is 17.2 Å². The Bertz CT molecular complexity index is 915. The van der Waals surface area contributed by atoms with E-state index in [0.29, 0.717) is 33.9 Å². The van der Waals surface area contributed by atoms with Gasteiger partial charge in [-0.25, -0.2) is 10.9 Å². The van der Waals surface area contributed by atoms with E-state index in [1.807, 2.05) is 0 Å². The molecule has 0 bridgehead atoms. The lowest BCUT2D eigenvalue weighted by Gasteiger charge is -2.12. The standard InChI is InChI=1S/C20H21N3O6/c1-27-16-10-14(11-17(28-2)19(16)29-3)12-21-22-20(25)15-6-4-5-13(9-15)7-8-18(24)23-26/h4-12,26H,1-3H3,(H,22,25)(H,23,24). The van der Waals surface area contributed by atoms with Gasteiger partial charge >= 0.3 is 0 Å². The van der Waals surface area contributed by atoms with Crippen molar-refractivity contribution >= 4 is 24.1 Å². The molecule has 0 aliphatic heterocycles. The molecule has 3 N–H and O–H groups in total. The smallest absolute Gasteiger partial charge is 0.271 e. The number of nitrogens with one attached hydrogen (secondary N) is 2. The normalized spacial score (nSPS) is 10.8. The van der Waals surface area contributed by atoms with Crippen LogP contribution in [0.5, 0.6) is 17.2 Å². The molecule has 0 unspecified atom stereocenters. The molecule has 9 nitrogen and oxygen atoms in total. The summed E-state index contributed by atoms with van der Waals surface area (Å²) in [5.41, 5.74) is 5.50. The summed E-state index contributed by atoms with van der Waals surface area (Å²) in [5.74, 6) is 0.276. The zero-order valence-corrected chi connectivity index (χ0v) is 16.1. The number of ether oxygens (including phenoxy) is 3. The van der Waals surface area contributed by atoms with Gasteiger partial charge in [-0.05, 0) is 35.9 Å². The Kier molecular flexibility index (Phi) is 7.75. The van der Waals surface area contributed by atoms with Crippen LogP contribution in [0.3, 0.4) is 0 Å². The van der Waals surface area contributed by atoms with E-state index in [4.69, 9.17) is 19.4 Å². The lowest BCUT2D eigenvalue weighted by Crippen LogP contribution is -2.17. The fourth-order valence-corrected chi connectivity index (χ4v) is 2.40. The molecule has 9 heteroatoms. The zero-order chi connectivity index (χ0) is 21.2. The highest BCUT2D eigenvalue weighted by Crippen LogP contribution is 2.37. The van der Waals surface area contributed by atoms with Crippen LogP contribution in [0, 0.1) is 0 Å². The monoisotopic (exact) mass is 399 g/mol. The first-order valence-corrected chi connectivity index (χ1v) is 8.38. The number of hydrogen-bond acceptors (Lipinski definition) is 7. The third-order valence-corrected chi connectivity index (χ3v) is 3.75. The Morgan fingerprint density at radius 1 is 1.00 bits per heavy atom. The minimum atomic E-state index is -0.671. The van der Waals surface area contributed by atoms with Crippen LogP contribution in [0.15, 0.2) is 47.6 Å². The Morgan fingerprint density at radius 3 is 2.28 bits per heavy atom. The van der Waals surface area contributed by atoms with Crippen molar-refractivity contribution in [1.29, 1.82) is 0 Å². The summed E-state index contributed by atoms with van der Waals surface area (Å²) in [6, 6.07) is 9.92. The van der Waals surface area contributed by atoms with E-state index in [9.17, 15) is 9.59 Å². The Balaban J connectivity index is 2.12. The van der Waals surface area contributed by atoms with Gasteiger partial charge in [0.1, 0.15) is 0 Å². The Hall–Kier alpha value is -3.85. The molecule has 0 heterocycles. The first-order chi connectivity index (χ1) is 14.0. The van der Waals surface area contributed by atoms with Crippen LogP contribution >= 0.6 is 0 Å². The topological polar surface area (TPSA) is 118 Å². The molecule has 0 atom stereocenters. The predicted molar refractivity (Wildman–Crippen MR) is 107 cm³/mol. The number of rotatable bonds is 8. The molecule has 29 heavy (non-hydrogen) atoms. The second-order valence-electron chi connectivity index (χ2n) is 5.59. The van der Waals surface area contributed by atoms with E-state index in [2.05, 4.69) is 10.5 Å². The second kappa shape index (κ2) is 10.5. The van der Waals surface area contributed by atoms with Crippen molar-refractivity contribution in [2.45, 2.75) is 0 Å². The van der Waals surface area contributed by atoms with Crippen molar-refractivity contribution in [1.82, 2.24) is 10.9 Å². The van der Waals surface area contributed by atoms with Crippen molar-refractivity contribution in [3.63, 3.8) is 0 Å². The number of hydroxylamine groups is 1. The van der Waals surface area contributed by atoms with Crippen LogP contribution in [-0.2, 0) is 4.79 Å². The maximum Gasteiger partial charge on any atom is 0.271 e. The van der Waals surface area contributed by atoms with Crippen LogP contribution in [0.1, 0.15) is 21.5 Å². The van der Waals surface area contributed by atoms with E-state index < -0.39 is 11.8 Å². The summed E-state index contributed by atoms with van der Waals surface area (Å²) < 4.78 is 15.8. The number of carbonyl (C=O) groups is 2. The fourth-order valence-electron chi connectivity index (χ4n) is 2.40. The van der Waals surface area contributed by atoms with Gasteiger partial charge < -0.3 is 14.2 Å². The van der Waals surface area contributed by atoms with Gasteiger partial charge in [0.05, 0.1) is 27.5 Å². The van der Waals surface area contributed by atoms with Gasteiger partial charge in [0.15, 0.2) is 11.5 Å². The SMILES string of the molecule is COc1cc(C=NNC(=O)c2cccc(C=CC(=O)NO)c2)cc(OC)c1OC. The summed E-state index contributed by atoms with van der Waals surface area (Å²) in [7, 11) is 4.52. The minimum Gasteiger partial charge on any atom is -0.493 e. The zero-order valence-electron chi connectivity index (χ0n) is 16.1. The van der Waals surface area contributed by atoms with E-state index in [-0.39, 0.29) is 0 Å². The first-order valence-electron chi connectivity index (χ1n) is 8.38. The summed E-state index contributed by atoms with van der Waals surface area (Å²) >= 11 is 0. The van der Waals surface area contributed by atoms with E-state index in [1.165, 1.54) is 39.1 Å². The molecule has 0 aromatic heterocycles. The van der Waals surface area contributed by atoms with Crippen molar-refractivity contribution < 1.29 is 29.0 Å². The van der Waals surface area contributed by atoms with Crippen LogP contribution < -0.4 is 25.1 Å². The fraction of sp³-hybridized carbons (Fsp3) is 0.150. The molecule has 2 rings (SSSR count). The molecule has 0 radical (unpaired) electrons. The average Bonchev–Trinajstić information content (AvgIpc) is 2.76. The largest absolute Gasteiger partial charge is 0.493 e. The molecule has 0 saturated carbocycles. The lowest BCUT2D eigenvalue weighted by molar-refractivity contribution is -0.124. The predicted octanol–water partition coefficient (Wildman–Crippen LogP) is 1.99. The lowest BCUT2D eigenvalue weighted by atomic mass is 10.1. The van der Waals surface area contributed by atoms with Gasteiger partial charge in [-0.15, -0.1) is 0 Å². The minimum absolute atomic E-state index is 0.346. The van der Waals surface area contributed by atoms with Gasteiger partial charge in [0.2, 0.25) is 5.75 Å². The molecule has 0 aliphatic carbocycles. The van der Waals surface area contributed by atoms with E-state index >= 15 is 0 Å². The van der Waals surface area contributed by atoms with Crippen LogP contribution in [-0.4, -0.2) is 44.6 Å². The van der Waals surface area contributed by atoms with Gasteiger partial charge in [0.25, 0.3) is 11.8 Å². The summed E-state index contributed by atoms with van der Waals surface area (Å²) in [5, 5.41) is 12.4. The molecule has 0 spiro atoms. The number of methoxy groups -OCH3 is 3. The Labute approximate surface area is 167 Å². The molecule has 0 aliphatic rings. The van der Waals surface area contributed by atoms with Crippen molar-refractivity contribution in [3.05, 3.63) is 59.2 Å². The number of carbonyl (C=O) groups excluding carboxylic acids is 2. The number of amides is 2. The third-order valence-electron chi connectivity index (χ3n) is 3.75. The van der Waals surface area contributed by atoms with Gasteiger partial charge in [-0.2, -0.15) is 5.10 Å². The summed E-state index contributed by atoms with van der Waals surface area (Å²) in [6.07, 6.45) is 4.04. The van der Waals surface area contributed by atoms with Crippen molar-refractivity contribution in [2.75, 3.05) is 21.3 Å².